The summed E-state index contributed by atoms with van der Waals surface area (Å²) in [6.07, 6.45) is -4.60. The van der Waals surface area contributed by atoms with E-state index in [1.54, 1.807) is 30.3 Å². The quantitative estimate of drug-likeness (QED) is 0.649. The fourth-order valence-electron chi connectivity index (χ4n) is 2.56. The van der Waals surface area contributed by atoms with Crippen LogP contribution in [0.15, 0.2) is 78.9 Å². The monoisotopic (exact) mass is 384 g/mol. The van der Waals surface area contributed by atoms with Crippen LogP contribution in [0.25, 0.3) is 0 Å². The molecule has 0 saturated carbocycles. The molecular formula is C21H15F3N2O2. The van der Waals surface area contributed by atoms with Gasteiger partial charge in [0.15, 0.2) is 0 Å². The topological polar surface area (TPSA) is 58.2 Å². The fourth-order valence-corrected chi connectivity index (χ4v) is 2.56. The molecule has 2 N–H and O–H groups in total. The van der Waals surface area contributed by atoms with Crippen molar-refractivity contribution in [3.05, 3.63) is 95.6 Å². The lowest BCUT2D eigenvalue weighted by Crippen LogP contribution is -2.18. The van der Waals surface area contributed by atoms with E-state index in [0.717, 1.165) is 6.07 Å². The smallest absolute Gasteiger partial charge is 0.322 e. The standard InChI is InChI=1S/C21H15F3N2O2/c22-21(23,24)17-11-4-5-12-18(17)26-20(28)15-8-6-7-14(13-15)19(27)25-16-9-2-1-3-10-16/h1-13H,(H,25,27)(H,26,28). The number of benzene rings is 3. The fraction of sp³-hybridized carbons (Fsp3) is 0.0476. The number of halogens is 3. The van der Waals surface area contributed by atoms with Crippen molar-refractivity contribution in [1.82, 2.24) is 0 Å². The predicted octanol–water partition coefficient (Wildman–Crippen LogP) is 5.21. The third-order valence-electron chi connectivity index (χ3n) is 3.90. The first-order chi connectivity index (χ1) is 13.3. The molecule has 0 spiro atoms. The maximum atomic E-state index is 13.1. The van der Waals surface area contributed by atoms with Gasteiger partial charge < -0.3 is 10.6 Å². The van der Waals surface area contributed by atoms with E-state index < -0.39 is 23.6 Å². The Labute approximate surface area is 159 Å². The molecule has 3 aromatic rings. The Morgan fingerprint density at radius 2 is 1.25 bits per heavy atom. The van der Waals surface area contributed by atoms with Gasteiger partial charge >= 0.3 is 6.18 Å². The number of rotatable bonds is 4. The van der Waals surface area contributed by atoms with Gasteiger partial charge in [-0.3, -0.25) is 9.59 Å². The second-order valence-corrected chi connectivity index (χ2v) is 5.90. The molecule has 28 heavy (non-hydrogen) atoms. The Morgan fingerprint density at radius 1 is 0.679 bits per heavy atom. The molecular weight excluding hydrogens is 369 g/mol. The molecule has 7 heteroatoms. The molecule has 0 aliphatic heterocycles. The van der Waals surface area contributed by atoms with Crippen molar-refractivity contribution < 1.29 is 22.8 Å². The lowest BCUT2D eigenvalue weighted by Gasteiger charge is -2.13. The summed E-state index contributed by atoms with van der Waals surface area (Å²) in [6, 6.07) is 19.2. The zero-order valence-corrected chi connectivity index (χ0v) is 14.5. The van der Waals surface area contributed by atoms with Gasteiger partial charge in [0.2, 0.25) is 0 Å². The maximum Gasteiger partial charge on any atom is 0.418 e. The van der Waals surface area contributed by atoms with Crippen LogP contribution in [0.3, 0.4) is 0 Å². The number of carbonyl (C=O) groups is 2. The first kappa shape index (κ1) is 19.2. The predicted molar refractivity (Wildman–Crippen MR) is 100 cm³/mol. The average Bonchev–Trinajstić information content (AvgIpc) is 2.68. The molecule has 0 unspecified atom stereocenters. The SMILES string of the molecule is O=C(Nc1ccccc1)c1cccc(C(=O)Nc2ccccc2C(F)(F)F)c1. The number of nitrogens with one attached hydrogen (secondary N) is 2. The molecule has 0 fully saturated rings. The lowest BCUT2D eigenvalue weighted by molar-refractivity contribution is -0.136. The van der Waals surface area contributed by atoms with E-state index in [-0.39, 0.29) is 16.8 Å². The van der Waals surface area contributed by atoms with E-state index in [0.29, 0.717) is 5.69 Å². The Hall–Kier alpha value is -3.61. The summed E-state index contributed by atoms with van der Waals surface area (Å²) in [7, 11) is 0. The molecule has 2 amide bonds. The molecule has 0 bridgehead atoms. The van der Waals surface area contributed by atoms with Gasteiger partial charge in [0, 0.05) is 16.8 Å². The van der Waals surface area contributed by atoms with Crippen molar-refractivity contribution in [2.45, 2.75) is 6.18 Å². The van der Waals surface area contributed by atoms with E-state index in [4.69, 9.17) is 0 Å². The highest BCUT2D eigenvalue weighted by atomic mass is 19.4. The summed E-state index contributed by atoms with van der Waals surface area (Å²) in [4.78, 5) is 24.8. The van der Waals surface area contributed by atoms with Crippen LogP contribution in [-0.2, 0) is 6.18 Å². The van der Waals surface area contributed by atoms with Crippen molar-refractivity contribution >= 4 is 23.2 Å². The first-order valence-electron chi connectivity index (χ1n) is 8.28. The highest BCUT2D eigenvalue weighted by Crippen LogP contribution is 2.34. The highest BCUT2D eigenvalue weighted by Gasteiger charge is 2.33. The Morgan fingerprint density at radius 3 is 1.89 bits per heavy atom. The number of hydrogen-bond donors (Lipinski definition) is 2. The largest absolute Gasteiger partial charge is 0.418 e. The number of carbonyl (C=O) groups excluding carboxylic acids is 2. The zero-order chi connectivity index (χ0) is 20.1. The van der Waals surface area contributed by atoms with Gasteiger partial charge in [-0.25, -0.2) is 0 Å². The molecule has 0 aliphatic rings. The van der Waals surface area contributed by atoms with Crippen LogP contribution in [0.1, 0.15) is 26.3 Å². The molecule has 0 aliphatic carbocycles. The number of para-hydroxylation sites is 2. The summed E-state index contributed by atoms with van der Waals surface area (Å²) < 4.78 is 39.2. The third kappa shape index (κ3) is 4.56. The third-order valence-corrected chi connectivity index (χ3v) is 3.90. The Balaban J connectivity index is 1.79. The Bertz CT molecular complexity index is 1000. The number of amides is 2. The summed E-state index contributed by atoms with van der Waals surface area (Å²) >= 11 is 0. The van der Waals surface area contributed by atoms with E-state index in [1.807, 2.05) is 0 Å². The number of anilines is 2. The molecule has 0 aromatic heterocycles. The highest BCUT2D eigenvalue weighted by molar-refractivity contribution is 6.08. The molecule has 0 atom stereocenters. The van der Waals surface area contributed by atoms with Crippen LogP contribution in [0.5, 0.6) is 0 Å². The minimum atomic E-state index is -4.60. The van der Waals surface area contributed by atoms with E-state index in [9.17, 15) is 22.8 Å². The molecule has 4 nitrogen and oxygen atoms in total. The second-order valence-electron chi connectivity index (χ2n) is 5.90. The van der Waals surface area contributed by atoms with Crippen LogP contribution < -0.4 is 10.6 Å². The zero-order valence-electron chi connectivity index (χ0n) is 14.5. The van der Waals surface area contributed by atoms with Crippen LogP contribution in [0.2, 0.25) is 0 Å². The van der Waals surface area contributed by atoms with Gasteiger partial charge in [-0.05, 0) is 42.5 Å². The van der Waals surface area contributed by atoms with Gasteiger partial charge in [-0.1, -0.05) is 36.4 Å². The number of hydrogen-bond acceptors (Lipinski definition) is 2. The van der Waals surface area contributed by atoms with Gasteiger partial charge in [0.25, 0.3) is 11.8 Å². The molecule has 3 aromatic carbocycles. The average molecular weight is 384 g/mol. The summed E-state index contributed by atoms with van der Waals surface area (Å²) in [6.45, 7) is 0. The molecule has 0 saturated heterocycles. The summed E-state index contributed by atoms with van der Waals surface area (Å²) in [5.41, 5.74) is -0.430. The van der Waals surface area contributed by atoms with Crippen molar-refractivity contribution in [3.8, 4) is 0 Å². The van der Waals surface area contributed by atoms with Crippen LogP contribution >= 0.6 is 0 Å². The van der Waals surface area contributed by atoms with Gasteiger partial charge in [0.05, 0.1) is 11.3 Å². The molecule has 142 valence electrons. The van der Waals surface area contributed by atoms with Crippen molar-refractivity contribution in [1.29, 1.82) is 0 Å². The molecule has 3 rings (SSSR count). The summed E-state index contributed by atoms with van der Waals surface area (Å²) in [5, 5.41) is 4.94. The van der Waals surface area contributed by atoms with E-state index in [1.165, 1.54) is 42.5 Å². The van der Waals surface area contributed by atoms with Crippen LogP contribution in [0.4, 0.5) is 24.5 Å². The molecule has 0 radical (unpaired) electrons. The van der Waals surface area contributed by atoms with Gasteiger partial charge in [-0.15, -0.1) is 0 Å². The van der Waals surface area contributed by atoms with Gasteiger partial charge in [0.1, 0.15) is 0 Å². The second kappa shape index (κ2) is 7.96. The van der Waals surface area contributed by atoms with E-state index >= 15 is 0 Å². The van der Waals surface area contributed by atoms with Crippen molar-refractivity contribution in [2.24, 2.45) is 0 Å². The lowest BCUT2D eigenvalue weighted by atomic mass is 10.1. The van der Waals surface area contributed by atoms with Crippen molar-refractivity contribution in [3.63, 3.8) is 0 Å². The minimum absolute atomic E-state index is 0.0673. The molecule has 0 heterocycles. The Kier molecular flexibility index (Phi) is 5.44. The van der Waals surface area contributed by atoms with Gasteiger partial charge in [-0.2, -0.15) is 13.2 Å². The van der Waals surface area contributed by atoms with Crippen LogP contribution in [-0.4, -0.2) is 11.8 Å². The minimum Gasteiger partial charge on any atom is -0.322 e. The normalized spacial score (nSPS) is 11.0. The summed E-state index contributed by atoms with van der Waals surface area (Å²) in [5.74, 6) is -1.18. The maximum absolute atomic E-state index is 13.1. The first-order valence-corrected chi connectivity index (χ1v) is 8.28. The van der Waals surface area contributed by atoms with Crippen molar-refractivity contribution in [2.75, 3.05) is 10.6 Å². The number of alkyl halides is 3. The van der Waals surface area contributed by atoms with Crippen LogP contribution in [0, 0.1) is 0 Å². The van der Waals surface area contributed by atoms with E-state index in [2.05, 4.69) is 10.6 Å².